The number of nitrogens with zero attached hydrogens (tertiary/aromatic N) is 2. The smallest absolute Gasteiger partial charge is 0.0642 e. The van der Waals surface area contributed by atoms with Crippen LogP contribution in [-0.2, 0) is 6.54 Å². The first-order valence-corrected chi connectivity index (χ1v) is 8.60. The molecule has 2 saturated heterocycles. The highest BCUT2D eigenvalue weighted by Crippen LogP contribution is 2.33. The SMILES string of the molecule is NCc1cccc(Cl)c1N1CCC(CN2CCCC2)CC1. The van der Waals surface area contributed by atoms with Crippen molar-refractivity contribution in [2.45, 2.75) is 32.2 Å². The summed E-state index contributed by atoms with van der Waals surface area (Å²) in [6.45, 7) is 6.68. The standard InChI is InChI=1S/C17H26ClN3/c18-16-5-3-4-15(12-19)17(16)21-10-6-14(7-11-21)13-20-8-1-2-9-20/h3-5,14H,1-2,6-13,19H2. The van der Waals surface area contributed by atoms with Gasteiger partial charge in [0.05, 0.1) is 10.7 Å². The zero-order valence-electron chi connectivity index (χ0n) is 12.7. The Kier molecular flexibility index (Phi) is 5.04. The van der Waals surface area contributed by atoms with Crippen molar-refractivity contribution in [3.63, 3.8) is 0 Å². The maximum absolute atomic E-state index is 6.41. The van der Waals surface area contributed by atoms with Crippen molar-refractivity contribution in [3.05, 3.63) is 28.8 Å². The highest BCUT2D eigenvalue weighted by Gasteiger charge is 2.24. The Morgan fingerprint density at radius 3 is 2.48 bits per heavy atom. The highest BCUT2D eigenvalue weighted by atomic mass is 35.5. The third-order valence-corrected chi connectivity index (χ3v) is 5.24. The van der Waals surface area contributed by atoms with Crippen LogP contribution in [0.2, 0.25) is 5.02 Å². The van der Waals surface area contributed by atoms with Crippen LogP contribution in [0.5, 0.6) is 0 Å². The van der Waals surface area contributed by atoms with Gasteiger partial charge in [-0.3, -0.25) is 0 Å². The summed E-state index contributed by atoms with van der Waals surface area (Å²) in [4.78, 5) is 5.08. The van der Waals surface area contributed by atoms with E-state index >= 15 is 0 Å². The van der Waals surface area contributed by atoms with E-state index < -0.39 is 0 Å². The van der Waals surface area contributed by atoms with E-state index in [9.17, 15) is 0 Å². The van der Waals surface area contributed by atoms with Gasteiger partial charge in [0.1, 0.15) is 0 Å². The van der Waals surface area contributed by atoms with Crippen LogP contribution in [0.1, 0.15) is 31.2 Å². The zero-order chi connectivity index (χ0) is 14.7. The minimum Gasteiger partial charge on any atom is -0.370 e. The van der Waals surface area contributed by atoms with Crippen LogP contribution in [-0.4, -0.2) is 37.6 Å². The Balaban J connectivity index is 1.60. The molecule has 0 atom stereocenters. The van der Waals surface area contributed by atoms with Crippen LogP contribution >= 0.6 is 11.6 Å². The van der Waals surface area contributed by atoms with E-state index in [-0.39, 0.29) is 0 Å². The average molecular weight is 308 g/mol. The second-order valence-electron chi connectivity index (χ2n) is 6.39. The van der Waals surface area contributed by atoms with Gasteiger partial charge in [0.25, 0.3) is 0 Å². The predicted octanol–water partition coefficient (Wildman–Crippen LogP) is 3.11. The number of piperidine rings is 1. The van der Waals surface area contributed by atoms with E-state index in [2.05, 4.69) is 15.9 Å². The summed E-state index contributed by atoms with van der Waals surface area (Å²) >= 11 is 6.41. The third kappa shape index (κ3) is 3.53. The molecular formula is C17H26ClN3. The summed E-state index contributed by atoms with van der Waals surface area (Å²) in [5.41, 5.74) is 8.21. The molecule has 4 heteroatoms. The number of nitrogens with two attached hydrogens (primary N) is 1. The fraction of sp³-hybridized carbons (Fsp3) is 0.647. The van der Waals surface area contributed by atoms with Gasteiger partial charge in [-0.05, 0) is 56.3 Å². The van der Waals surface area contributed by atoms with E-state index in [0.717, 1.165) is 24.0 Å². The van der Waals surface area contributed by atoms with Gasteiger partial charge in [0, 0.05) is 26.2 Å². The monoisotopic (exact) mass is 307 g/mol. The van der Waals surface area contributed by atoms with E-state index in [0.29, 0.717) is 6.54 Å². The van der Waals surface area contributed by atoms with Crippen LogP contribution in [0, 0.1) is 5.92 Å². The van der Waals surface area contributed by atoms with E-state index in [1.807, 2.05) is 12.1 Å². The molecule has 0 amide bonds. The topological polar surface area (TPSA) is 32.5 Å². The number of anilines is 1. The van der Waals surface area contributed by atoms with E-state index in [1.165, 1.54) is 56.6 Å². The molecule has 0 spiro atoms. The largest absolute Gasteiger partial charge is 0.370 e. The van der Waals surface area contributed by atoms with Crippen molar-refractivity contribution in [3.8, 4) is 0 Å². The molecule has 3 nitrogen and oxygen atoms in total. The lowest BCUT2D eigenvalue weighted by Crippen LogP contribution is -2.38. The van der Waals surface area contributed by atoms with Gasteiger partial charge in [-0.15, -0.1) is 0 Å². The van der Waals surface area contributed by atoms with Crippen LogP contribution < -0.4 is 10.6 Å². The fourth-order valence-corrected chi connectivity index (χ4v) is 4.06. The molecule has 3 rings (SSSR count). The molecule has 2 aliphatic rings. The van der Waals surface area contributed by atoms with E-state index in [1.54, 1.807) is 0 Å². The maximum Gasteiger partial charge on any atom is 0.0642 e. The Hall–Kier alpha value is -0.770. The van der Waals surface area contributed by atoms with Gasteiger partial charge < -0.3 is 15.5 Å². The summed E-state index contributed by atoms with van der Waals surface area (Å²) < 4.78 is 0. The number of rotatable bonds is 4. The van der Waals surface area contributed by atoms with Gasteiger partial charge in [-0.25, -0.2) is 0 Å². The molecule has 116 valence electrons. The number of likely N-dealkylation sites (tertiary alicyclic amines) is 1. The zero-order valence-corrected chi connectivity index (χ0v) is 13.5. The second kappa shape index (κ2) is 6.99. The number of hydrogen-bond acceptors (Lipinski definition) is 3. The second-order valence-corrected chi connectivity index (χ2v) is 6.80. The normalized spacial score (nSPS) is 21.1. The minimum absolute atomic E-state index is 0.559. The average Bonchev–Trinajstić information content (AvgIpc) is 3.01. The Labute approximate surface area is 133 Å². The molecule has 1 aromatic carbocycles. The first-order chi connectivity index (χ1) is 10.3. The van der Waals surface area contributed by atoms with Gasteiger partial charge in [0.15, 0.2) is 0 Å². The van der Waals surface area contributed by atoms with Gasteiger partial charge in [0.2, 0.25) is 0 Å². The van der Waals surface area contributed by atoms with Gasteiger partial charge in [-0.1, -0.05) is 23.7 Å². The van der Waals surface area contributed by atoms with Crippen molar-refractivity contribution >= 4 is 17.3 Å². The molecule has 0 bridgehead atoms. The molecule has 0 aliphatic carbocycles. The van der Waals surface area contributed by atoms with Crippen molar-refractivity contribution in [2.24, 2.45) is 11.7 Å². The molecule has 0 unspecified atom stereocenters. The lowest BCUT2D eigenvalue weighted by atomic mass is 9.95. The molecule has 2 fully saturated rings. The number of hydrogen-bond donors (Lipinski definition) is 1. The quantitative estimate of drug-likeness (QED) is 0.927. The van der Waals surface area contributed by atoms with Crippen molar-refractivity contribution < 1.29 is 0 Å². The molecular weight excluding hydrogens is 282 g/mol. The first kappa shape index (κ1) is 15.1. The van der Waals surface area contributed by atoms with Gasteiger partial charge >= 0.3 is 0 Å². The molecule has 21 heavy (non-hydrogen) atoms. The summed E-state index contributed by atoms with van der Waals surface area (Å²) in [6.07, 6.45) is 5.31. The predicted molar refractivity (Wildman–Crippen MR) is 90.0 cm³/mol. The molecule has 0 saturated carbocycles. The summed E-state index contributed by atoms with van der Waals surface area (Å²) in [6, 6.07) is 6.07. The number of para-hydroxylation sites is 1. The van der Waals surface area contributed by atoms with Gasteiger partial charge in [-0.2, -0.15) is 0 Å². The minimum atomic E-state index is 0.559. The van der Waals surface area contributed by atoms with Crippen LogP contribution in [0.3, 0.4) is 0 Å². The van der Waals surface area contributed by atoms with Crippen LogP contribution in [0.25, 0.3) is 0 Å². The van der Waals surface area contributed by atoms with Crippen LogP contribution in [0.15, 0.2) is 18.2 Å². The molecule has 2 N–H and O–H groups in total. The van der Waals surface area contributed by atoms with Crippen molar-refractivity contribution in [1.29, 1.82) is 0 Å². The lowest BCUT2D eigenvalue weighted by molar-refractivity contribution is 0.249. The van der Waals surface area contributed by atoms with Crippen molar-refractivity contribution in [2.75, 3.05) is 37.6 Å². The Morgan fingerprint density at radius 1 is 1.10 bits per heavy atom. The number of halogens is 1. The number of benzene rings is 1. The molecule has 2 aliphatic heterocycles. The Bertz CT molecular complexity index is 463. The molecule has 1 aromatic rings. The third-order valence-electron chi connectivity index (χ3n) is 4.94. The summed E-state index contributed by atoms with van der Waals surface area (Å²) in [7, 11) is 0. The highest BCUT2D eigenvalue weighted by molar-refractivity contribution is 6.33. The molecule has 2 heterocycles. The molecule has 0 aromatic heterocycles. The van der Waals surface area contributed by atoms with Crippen molar-refractivity contribution in [1.82, 2.24) is 4.90 Å². The first-order valence-electron chi connectivity index (χ1n) is 8.22. The summed E-state index contributed by atoms with van der Waals surface area (Å²) in [5, 5.41) is 0.843. The van der Waals surface area contributed by atoms with Crippen LogP contribution in [0.4, 0.5) is 5.69 Å². The lowest BCUT2D eigenvalue weighted by Gasteiger charge is -2.36. The maximum atomic E-state index is 6.41. The fourth-order valence-electron chi connectivity index (χ4n) is 3.75. The van der Waals surface area contributed by atoms with E-state index in [4.69, 9.17) is 17.3 Å². The Morgan fingerprint density at radius 2 is 1.81 bits per heavy atom. The molecule has 0 radical (unpaired) electrons. The summed E-state index contributed by atoms with van der Waals surface area (Å²) in [5.74, 6) is 0.850.